The summed E-state index contributed by atoms with van der Waals surface area (Å²) in [5.74, 6) is -0.236. The van der Waals surface area contributed by atoms with Gasteiger partial charge in [-0.1, -0.05) is 11.6 Å². The first kappa shape index (κ1) is 16.0. The van der Waals surface area contributed by atoms with Gasteiger partial charge in [0.2, 0.25) is 0 Å². The van der Waals surface area contributed by atoms with Crippen molar-refractivity contribution < 1.29 is 22.7 Å². The molecule has 19 heavy (non-hydrogen) atoms. The van der Waals surface area contributed by atoms with Gasteiger partial charge in [-0.25, -0.2) is 0 Å². The number of aryl methyl sites for hydroxylation is 2. The molecule has 0 bridgehead atoms. The standard InChI is InChI=1S/C11H14ClF3N2O2/c1-7-9(10(12)17(2)16-7)5-8(18)3-4-19-6-11(13,14)15/h3-6H2,1-2H3. The van der Waals surface area contributed by atoms with Crippen molar-refractivity contribution in [3.63, 3.8) is 0 Å². The molecule has 1 aromatic rings. The summed E-state index contributed by atoms with van der Waals surface area (Å²) in [6.07, 6.45) is -4.40. The van der Waals surface area contributed by atoms with Gasteiger partial charge in [0.05, 0.1) is 12.3 Å². The van der Waals surface area contributed by atoms with Crippen molar-refractivity contribution in [2.24, 2.45) is 7.05 Å². The van der Waals surface area contributed by atoms with Crippen molar-refractivity contribution in [3.05, 3.63) is 16.4 Å². The third-order valence-electron chi connectivity index (χ3n) is 2.43. The van der Waals surface area contributed by atoms with Crippen LogP contribution < -0.4 is 0 Å². The Morgan fingerprint density at radius 2 is 2.11 bits per heavy atom. The highest BCUT2D eigenvalue weighted by molar-refractivity contribution is 6.30. The predicted octanol–water partition coefficient (Wildman–Crippen LogP) is 2.46. The normalized spacial score (nSPS) is 11.9. The lowest BCUT2D eigenvalue weighted by Gasteiger charge is -2.07. The summed E-state index contributed by atoms with van der Waals surface area (Å²) in [6, 6.07) is 0. The maximum atomic E-state index is 11.8. The number of rotatable bonds is 6. The Morgan fingerprint density at radius 1 is 1.47 bits per heavy atom. The van der Waals surface area contributed by atoms with Crippen molar-refractivity contribution >= 4 is 17.4 Å². The molecule has 0 aliphatic carbocycles. The molecule has 0 saturated carbocycles. The number of ether oxygens (including phenoxy) is 1. The monoisotopic (exact) mass is 298 g/mol. The molecule has 0 aliphatic heterocycles. The highest BCUT2D eigenvalue weighted by Gasteiger charge is 2.27. The number of carbonyl (C=O) groups excluding carboxylic acids is 1. The smallest absolute Gasteiger partial charge is 0.372 e. The second-order valence-corrected chi connectivity index (χ2v) is 4.47. The summed E-state index contributed by atoms with van der Waals surface area (Å²) in [4.78, 5) is 11.6. The van der Waals surface area contributed by atoms with E-state index in [2.05, 4.69) is 9.84 Å². The van der Waals surface area contributed by atoms with E-state index in [0.717, 1.165) is 0 Å². The minimum absolute atomic E-state index is 0.0495. The second kappa shape index (κ2) is 6.38. The van der Waals surface area contributed by atoms with Gasteiger partial charge in [0.1, 0.15) is 17.5 Å². The first-order valence-electron chi connectivity index (χ1n) is 5.55. The Kier molecular flexibility index (Phi) is 5.37. The van der Waals surface area contributed by atoms with Crippen LogP contribution in [0.15, 0.2) is 0 Å². The number of Topliss-reactive ketones (excluding diaryl/α,β-unsaturated/α-hetero) is 1. The SMILES string of the molecule is Cc1nn(C)c(Cl)c1CC(=O)CCOCC(F)(F)F. The Bertz CT molecular complexity index is 458. The number of hydrogen-bond acceptors (Lipinski definition) is 3. The van der Waals surface area contributed by atoms with E-state index >= 15 is 0 Å². The molecule has 1 heterocycles. The molecule has 0 fully saturated rings. The number of hydrogen-bond donors (Lipinski definition) is 0. The zero-order valence-electron chi connectivity index (χ0n) is 10.6. The van der Waals surface area contributed by atoms with E-state index in [-0.39, 0.29) is 25.2 Å². The largest absolute Gasteiger partial charge is 0.411 e. The Balaban J connectivity index is 2.40. The van der Waals surface area contributed by atoms with Crippen LogP contribution in [0.2, 0.25) is 5.15 Å². The van der Waals surface area contributed by atoms with Gasteiger partial charge in [0, 0.05) is 25.5 Å². The average Bonchev–Trinajstić information content (AvgIpc) is 2.50. The third kappa shape index (κ3) is 5.20. The molecule has 0 aromatic carbocycles. The van der Waals surface area contributed by atoms with Crippen molar-refractivity contribution in [2.75, 3.05) is 13.2 Å². The molecule has 1 rings (SSSR count). The van der Waals surface area contributed by atoms with Gasteiger partial charge in [-0.3, -0.25) is 9.48 Å². The van der Waals surface area contributed by atoms with Crippen LogP contribution in [0.25, 0.3) is 0 Å². The van der Waals surface area contributed by atoms with Gasteiger partial charge in [0.25, 0.3) is 0 Å². The molecule has 0 atom stereocenters. The summed E-state index contributed by atoms with van der Waals surface area (Å²) in [5, 5.41) is 4.41. The van der Waals surface area contributed by atoms with Crippen LogP contribution in [0.1, 0.15) is 17.7 Å². The van der Waals surface area contributed by atoms with Gasteiger partial charge in [-0.05, 0) is 6.92 Å². The molecule has 0 N–H and O–H groups in total. The van der Waals surface area contributed by atoms with Crippen LogP contribution in [-0.2, 0) is 23.0 Å². The molecule has 0 aliphatic rings. The quantitative estimate of drug-likeness (QED) is 0.758. The number of halogens is 4. The predicted molar refractivity (Wildman–Crippen MR) is 63.2 cm³/mol. The van der Waals surface area contributed by atoms with E-state index in [0.29, 0.717) is 16.4 Å². The van der Waals surface area contributed by atoms with E-state index in [4.69, 9.17) is 11.6 Å². The number of aromatic nitrogens is 2. The highest BCUT2D eigenvalue weighted by atomic mass is 35.5. The topological polar surface area (TPSA) is 44.1 Å². The van der Waals surface area contributed by atoms with E-state index in [1.165, 1.54) is 4.68 Å². The Labute approximate surface area is 113 Å². The second-order valence-electron chi connectivity index (χ2n) is 4.11. The summed E-state index contributed by atoms with van der Waals surface area (Å²) in [5.41, 5.74) is 1.24. The van der Waals surface area contributed by atoms with Crippen LogP contribution >= 0.6 is 11.6 Å². The highest BCUT2D eigenvalue weighted by Crippen LogP contribution is 2.20. The maximum absolute atomic E-state index is 11.8. The zero-order chi connectivity index (χ0) is 14.6. The molecule has 1 aromatic heterocycles. The summed E-state index contributed by atoms with van der Waals surface area (Å²) >= 11 is 5.95. The van der Waals surface area contributed by atoms with Gasteiger partial charge in [-0.2, -0.15) is 18.3 Å². The van der Waals surface area contributed by atoms with Crippen molar-refractivity contribution in [1.29, 1.82) is 0 Å². The van der Waals surface area contributed by atoms with E-state index in [9.17, 15) is 18.0 Å². The molecular weight excluding hydrogens is 285 g/mol. The number of ketones is 1. The zero-order valence-corrected chi connectivity index (χ0v) is 11.3. The van der Waals surface area contributed by atoms with Gasteiger partial charge in [0.15, 0.2) is 0 Å². The maximum Gasteiger partial charge on any atom is 0.411 e. The lowest BCUT2D eigenvalue weighted by Crippen LogP contribution is -2.18. The van der Waals surface area contributed by atoms with E-state index < -0.39 is 12.8 Å². The van der Waals surface area contributed by atoms with Crippen LogP contribution in [0, 0.1) is 6.92 Å². The molecule has 0 saturated heterocycles. The van der Waals surface area contributed by atoms with Crippen LogP contribution in [-0.4, -0.2) is 35.0 Å². The van der Waals surface area contributed by atoms with Crippen molar-refractivity contribution in [3.8, 4) is 0 Å². The van der Waals surface area contributed by atoms with Gasteiger partial charge < -0.3 is 4.74 Å². The van der Waals surface area contributed by atoms with Crippen molar-refractivity contribution in [2.45, 2.75) is 25.9 Å². The minimum atomic E-state index is -4.37. The molecule has 4 nitrogen and oxygen atoms in total. The lowest BCUT2D eigenvalue weighted by atomic mass is 10.1. The molecule has 0 amide bonds. The minimum Gasteiger partial charge on any atom is -0.372 e. The fourth-order valence-corrected chi connectivity index (χ4v) is 1.78. The van der Waals surface area contributed by atoms with Crippen molar-refractivity contribution in [1.82, 2.24) is 9.78 Å². The number of alkyl halides is 3. The molecule has 0 spiro atoms. The summed E-state index contributed by atoms with van der Waals surface area (Å²) < 4.78 is 41.2. The molecular formula is C11H14ClF3N2O2. The average molecular weight is 299 g/mol. The Morgan fingerprint density at radius 3 is 2.58 bits per heavy atom. The molecule has 0 unspecified atom stereocenters. The first-order valence-corrected chi connectivity index (χ1v) is 5.92. The molecule has 108 valence electrons. The van der Waals surface area contributed by atoms with Crippen LogP contribution in [0.3, 0.4) is 0 Å². The van der Waals surface area contributed by atoms with Gasteiger partial charge >= 0.3 is 6.18 Å². The lowest BCUT2D eigenvalue weighted by molar-refractivity contribution is -0.174. The van der Waals surface area contributed by atoms with E-state index in [1.54, 1.807) is 14.0 Å². The number of nitrogens with zero attached hydrogens (tertiary/aromatic N) is 2. The van der Waals surface area contributed by atoms with Crippen LogP contribution in [0.5, 0.6) is 0 Å². The first-order chi connectivity index (χ1) is 8.70. The summed E-state index contributed by atoms with van der Waals surface area (Å²) in [6.45, 7) is 0.122. The molecule has 0 radical (unpaired) electrons. The number of carbonyl (C=O) groups is 1. The van der Waals surface area contributed by atoms with E-state index in [1.807, 2.05) is 0 Å². The fourth-order valence-electron chi connectivity index (χ4n) is 1.53. The summed E-state index contributed by atoms with van der Waals surface area (Å²) in [7, 11) is 1.65. The van der Waals surface area contributed by atoms with Gasteiger partial charge in [-0.15, -0.1) is 0 Å². The fraction of sp³-hybridized carbons (Fsp3) is 0.636. The van der Waals surface area contributed by atoms with Crippen LogP contribution in [0.4, 0.5) is 13.2 Å². The third-order valence-corrected chi connectivity index (χ3v) is 2.91. The Hall–Kier alpha value is -1.08. The molecule has 8 heteroatoms.